The maximum Gasteiger partial charge on any atom is 0.251 e. The number of ether oxygens (including phenoxy) is 1. The molecule has 3 rings (SSSR count). The van der Waals surface area contributed by atoms with Gasteiger partial charge in [0.25, 0.3) is 5.91 Å². The molecule has 0 aromatic heterocycles. The molecule has 1 saturated heterocycles. The lowest BCUT2D eigenvalue weighted by molar-refractivity contribution is 0.0730. The van der Waals surface area contributed by atoms with Crippen LogP contribution in [0.5, 0.6) is 0 Å². The summed E-state index contributed by atoms with van der Waals surface area (Å²) in [6, 6.07) is 4.90. The van der Waals surface area contributed by atoms with Crippen molar-refractivity contribution < 1.29 is 17.9 Å². The average molecular weight is 459 g/mol. The molecule has 0 bridgehead atoms. The van der Waals surface area contributed by atoms with Gasteiger partial charge in [0.1, 0.15) is 0 Å². The Morgan fingerprint density at radius 2 is 1.93 bits per heavy atom. The molecule has 2 fully saturated rings. The van der Waals surface area contributed by atoms with Crippen LogP contribution < -0.4 is 5.32 Å². The van der Waals surface area contributed by atoms with Gasteiger partial charge in [-0.1, -0.05) is 26.7 Å². The molecule has 3 atom stereocenters. The second kappa shape index (κ2) is 8.59. The van der Waals surface area contributed by atoms with E-state index in [9.17, 15) is 13.2 Å². The molecule has 6 nitrogen and oxygen atoms in total. The van der Waals surface area contributed by atoms with Crippen molar-refractivity contribution in [3.8, 4) is 0 Å². The van der Waals surface area contributed by atoms with Crippen LogP contribution in [0, 0.1) is 11.8 Å². The van der Waals surface area contributed by atoms with E-state index < -0.39 is 10.0 Å². The van der Waals surface area contributed by atoms with Crippen LogP contribution in [-0.2, 0) is 14.8 Å². The third-order valence-electron chi connectivity index (χ3n) is 5.80. The summed E-state index contributed by atoms with van der Waals surface area (Å²) in [6.45, 7) is 5.80. The van der Waals surface area contributed by atoms with Gasteiger partial charge < -0.3 is 10.1 Å². The number of halogens is 1. The molecule has 0 spiro atoms. The molecule has 1 heterocycles. The first-order valence-electron chi connectivity index (χ1n) is 9.49. The Morgan fingerprint density at radius 3 is 2.63 bits per heavy atom. The fourth-order valence-corrected chi connectivity index (χ4v) is 6.16. The number of hydrogen-bond acceptors (Lipinski definition) is 4. The Morgan fingerprint density at radius 1 is 1.22 bits per heavy atom. The van der Waals surface area contributed by atoms with E-state index >= 15 is 0 Å². The summed E-state index contributed by atoms with van der Waals surface area (Å²) in [5, 5.41) is 3.11. The van der Waals surface area contributed by atoms with Crippen LogP contribution in [0.4, 0.5) is 0 Å². The number of nitrogens with one attached hydrogen (secondary N) is 1. The fraction of sp³-hybridized carbons (Fsp3) is 0.632. The van der Waals surface area contributed by atoms with Crippen LogP contribution in [0.25, 0.3) is 0 Å². The summed E-state index contributed by atoms with van der Waals surface area (Å²) in [5.74, 6) is 0.771. The van der Waals surface area contributed by atoms with Crippen molar-refractivity contribution >= 4 is 31.9 Å². The molecule has 1 aliphatic carbocycles. The van der Waals surface area contributed by atoms with E-state index in [1.807, 2.05) is 0 Å². The van der Waals surface area contributed by atoms with E-state index in [4.69, 9.17) is 4.74 Å². The van der Waals surface area contributed by atoms with Crippen LogP contribution in [0.2, 0.25) is 0 Å². The molecule has 150 valence electrons. The maximum atomic E-state index is 13.0. The molecular formula is C19H27BrN2O4S. The van der Waals surface area contributed by atoms with Gasteiger partial charge in [-0.3, -0.25) is 4.79 Å². The summed E-state index contributed by atoms with van der Waals surface area (Å²) in [5.41, 5.74) is 0.371. The van der Waals surface area contributed by atoms with Gasteiger partial charge in [0.2, 0.25) is 10.0 Å². The predicted octanol–water partition coefficient (Wildman–Crippen LogP) is 3.02. The average Bonchev–Trinajstić information content (AvgIpc) is 2.66. The zero-order valence-electron chi connectivity index (χ0n) is 15.8. The van der Waals surface area contributed by atoms with Gasteiger partial charge in [-0.25, -0.2) is 8.42 Å². The van der Waals surface area contributed by atoms with Crippen molar-refractivity contribution in [3.63, 3.8) is 0 Å². The summed E-state index contributed by atoms with van der Waals surface area (Å²) >= 11 is 3.33. The monoisotopic (exact) mass is 458 g/mol. The molecule has 8 heteroatoms. The molecule has 1 amide bonds. The normalized spacial score (nSPS) is 27.3. The van der Waals surface area contributed by atoms with Gasteiger partial charge in [-0.15, -0.1) is 0 Å². The highest BCUT2D eigenvalue weighted by Gasteiger charge is 2.31. The Kier molecular flexibility index (Phi) is 6.61. The van der Waals surface area contributed by atoms with E-state index in [0.717, 1.165) is 12.8 Å². The molecule has 1 aromatic carbocycles. The number of amides is 1. The second-order valence-corrected chi connectivity index (χ2v) is 10.3. The van der Waals surface area contributed by atoms with Crippen LogP contribution in [0.15, 0.2) is 27.6 Å². The van der Waals surface area contributed by atoms with Gasteiger partial charge in [0.15, 0.2) is 0 Å². The maximum absolute atomic E-state index is 13.0. The summed E-state index contributed by atoms with van der Waals surface area (Å²) in [6.07, 6.45) is 3.26. The molecule has 1 N–H and O–H groups in total. The Balaban J connectivity index is 1.81. The van der Waals surface area contributed by atoms with E-state index in [1.165, 1.54) is 16.8 Å². The SMILES string of the molecule is CC1CCCC(NC(=O)c2ccc(Br)c(S(=O)(=O)N3CCOCC3)c2)C1C. The lowest BCUT2D eigenvalue weighted by Crippen LogP contribution is -2.43. The van der Waals surface area contributed by atoms with E-state index in [1.54, 1.807) is 12.1 Å². The molecule has 27 heavy (non-hydrogen) atoms. The van der Waals surface area contributed by atoms with Crippen molar-refractivity contribution in [2.75, 3.05) is 26.3 Å². The second-order valence-electron chi connectivity index (χ2n) is 7.51. The largest absolute Gasteiger partial charge is 0.379 e. The van der Waals surface area contributed by atoms with Gasteiger partial charge in [-0.05, 0) is 52.4 Å². The zero-order valence-corrected chi connectivity index (χ0v) is 18.2. The predicted molar refractivity (Wildman–Crippen MR) is 107 cm³/mol. The number of rotatable bonds is 4. The highest BCUT2D eigenvalue weighted by Crippen LogP contribution is 2.30. The van der Waals surface area contributed by atoms with Crippen molar-refractivity contribution in [1.29, 1.82) is 0 Å². The first-order valence-corrected chi connectivity index (χ1v) is 11.7. The van der Waals surface area contributed by atoms with E-state index in [0.29, 0.717) is 48.2 Å². The number of carbonyl (C=O) groups is 1. The number of carbonyl (C=O) groups excluding carboxylic acids is 1. The van der Waals surface area contributed by atoms with Crippen molar-refractivity contribution in [1.82, 2.24) is 9.62 Å². The molecule has 3 unspecified atom stereocenters. The Labute approximate surface area is 169 Å². The zero-order chi connectivity index (χ0) is 19.6. The molecule has 2 aliphatic rings. The molecule has 1 aromatic rings. The van der Waals surface area contributed by atoms with Gasteiger partial charge in [0, 0.05) is 29.2 Å². The van der Waals surface area contributed by atoms with Gasteiger partial charge in [0.05, 0.1) is 18.1 Å². The van der Waals surface area contributed by atoms with Crippen LogP contribution in [0.3, 0.4) is 0 Å². The molecule has 1 saturated carbocycles. The van der Waals surface area contributed by atoms with E-state index in [2.05, 4.69) is 35.1 Å². The standard InChI is InChI=1S/C19H27BrN2O4S/c1-13-4-3-5-17(14(13)2)21-19(23)15-6-7-16(20)18(12-15)27(24,25)22-8-10-26-11-9-22/h6-7,12-14,17H,3-5,8-11H2,1-2H3,(H,21,23). The number of hydrogen-bond donors (Lipinski definition) is 1. The third-order valence-corrected chi connectivity index (χ3v) is 8.70. The number of morpholine rings is 1. The van der Waals surface area contributed by atoms with E-state index in [-0.39, 0.29) is 16.8 Å². The lowest BCUT2D eigenvalue weighted by Gasteiger charge is -2.34. The first kappa shape index (κ1) is 20.8. The highest BCUT2D eigenvalue weighted by molar-refractivity contribution is 9.10. The number of benzene rings is 1. The van der Waals surface area contributed by atoms with Crippen LogP contribution in [-0.4, -0.2) is 51.0 Å². The topological polar surface area (TPSA) is 75.7 Å². The minimum atomic E-state index is -3.67. The molecule has 1 aliphatic heterocycles. The van der Waals surface area contributed by atoms with Gasteiger partial charge in [-0.2, -0.15) is 4.31 Å². The number of nitrogens with zero attached hydrogens (tertiary/aromatic N) is 1. The molecular weight excluding hydrogens is 432 g/mol. The Bertz CT molecular complexity index is 793. The van der Waals surface area contributed by atoms with Crippen molar-refractivity contribution in [3.05, 3.63) is 28.2 Å². The fourth-order valence-electron chi connectivity index (χ4n) is 3.81. The van der Waals surface area contributed by atoms with Gasteiger partial charge >= 0.3 is 0 Å². The van der Waals surface area contributed by atoms with Crippen molar-refractivity contribution in [2.45, 2.75) is 44.0 Å². The highest BCUT2D eigenvalue weighted by atomic mass is 79.9. The van der Waals surface area contributed by atoms with Crippen LogP contribution >= 0.6 is 15.9 Å². The minimum Gasteiger partial charge on any atom is -0.379 e. The van der Waals surface area contributed by atoms with Crippen LogP contribution in [0.1, 0.15) is 43.5 Å². The molecule has 0 radical (unpaired) electrons. The quantitative estimate of drug-likeness (QED) is 0.751. The number of sulfonamides is 1. The third kappa shape index (κ3) is 4.55. The Hall–Kier alpha value is -0.960. The van der Waals surface area contributed by atoms with Crippen molar-refractivity contribution in [2.24, 2.45) is 11.8 Å². The summed E-state index contributed by atoms with van der Waals surface area (Å²) in [7, 11) is -3.67. The summed E-state index contributed by atoms with van der Waals surface area (Å²) in [4.78, 5) is 12.9. The smallest absolute Gasteiger partial charge is 0.251 e. The first-order chi connectivity index (χ1) is 12.8. The minimum absolute atomic E-state index is 0.127. The lowest BCUT2D eigenvalue weighted by atomic mass is 9.78. The summed E-state index contributed by atoms with van der Waals surface area (Å²) < 4.78 is 33.1.